The van der Waals surface area contributed by atoms with Gasteiger partial charge in [-0.2, -0.15) is 0 Å². The first-order valence-corrected chi connectivity index (χ1v) is 10.2. The van der Waals surface area contributed by atoms with E-state index in [2.05, 4.69) is 17.9 Å². The molecule has 3 fully saturated rings. The van der Waals surface area contributed by atoms with Crippen molar-refractivity contribution in [2.75, 3.05) is 7.11 Å². The lowest BCUT2D eigenvalue weighted by atomic mass is 9.53. The molecule has 0 aromatic carbocycles. The van der Waals surface area contributed by atoms with Gasteiger partial charge in [0.25, 0.3) is 0 Å². The van der Waals surface area contributed by atoms with Gasteiger partial charge in [0.05, 0.1) is 17.6 Å². The third-order valence-electron chi connectivity index (χ3n) is 6.78. The highest BCUT2D eigenvalue weighted by atomic mass is 16.5. The number of hydrogen-bond donors (Lipinski definition) is 2. The number of carbonyl (C=O) groups excluding carboxylic acids is 1. The van der Waals surface area contributed by atoms with Gasteiger partial charge < -0.3 is 19.7 Å². The van der Waals surface area contributed by atoms with Crippen LogP contribution in [0, 0.1) is 29.6 Å². The Balaban J connectivity index is 1.71. The van der Waals surface area contributed by atoms with E-state index in [1.807, 2.05) is 0 Å². The molecule has 0 heterocycles. The van der Waals surface area contributed by atoms with Crippen molar-refractivity contribution in [2.24, 2.45) is 17.8 Å². The Bertz CT molecular complexity index is 581. The van der Waals surface area contributed by atoms with Gasteiger partial charge in [-0.15, -0.1) is 0 Å². The molecular formula is C22H32O4. The second kappa shape index (κ2) is 8.69. The van der Waals surface area contributed by atoms with Crippen LogP contribution in [0.3, 0.4) is 0 Å². The number of ether oxygens (including phenoxy) is 1. The van der Waals surface area contributed by atoms with Crippen LogP contribution in [-0.4, -0.2) is 41.4 Å². The second-order valence-electron chi connectivity index (χ2n) is 8.14. The number of aldehydes is 1. The van der Waals surface area contributed by atoms with Gasteiger partial charge in [-0.05, 0) is 50.0 Å². The molecule has 0 saturated heterocycles. The maximum Gasteiger partial charge on any atom is 0.120 e. The number of aliphatic hydroxyl groups excluding tert-OH is 2. The maximum absolute atomic E-state index is 10.6. The van der Waals surface area contributed by atoms with Gasteiger partial charge in [0.15, 0.2) is 0 Å². The number of hydrogen-bond acceptors (Lipinski definition) is 4. The van der Waals surface area contributed by atoms with Gasteiger partial charge >= 0.3 is 0 Å². The van der Waals surface area contributed by atoms with Crippen LogP contribution < -0.4 is 0 Å². The third kappa shape index (κ3) is 3.76. The Morgan fingerprint density at radius 2 is 2.04 bits per heavy atom. The Kier molecular flexibility index (Phi) is 6.55. The van der Waals surface area contributed by atoms with E-state index in [1.165, 1.54) is 24.8 Å². The van der Waals surface area contributed by atoms with Crippen LogP contribution in [-0.2, 0) is 9.53 Å². The number of aliphatic hydroxyl groups is 2. The normalized spacial score (nSPS) is 37.2. The zero-order valence-corrected chi connectivity index (χ0v) is 15.8. The van der Waals surface area contributed by atoms with Crippen LogP contribution >= 0.6 is 0 Å². The van der Waals surface area contributed by atoms with E-state index < -0.39 is 12.2 Å². The summed E-state index contributed by atoms with van der Waals surface area (Å²) >= 11 is 0. The topological polar surface area (TPSA) is 66.8 Å². The molecule has 26 heavy (non-hydrogen) atoms. The van der Waals surface area contributed by atoms with Crippen LogP contribution in [0.25, 0.3) is 0 Å². The van der Waals surface area contributed by atoms with Crippen molar-refractivity contribution in [1.82, 2.24) is 0 Å². The summed E-state index contributed by atoms with van der Waals surface area (Å²) in [5, 5.41) is 21.0. The minimum atomic E-state index is -0.580. The molecule has 144 valence electrons. The monoisotopic (exact) mass is 360 g/mol. The smallest absolute Gasteiger partial charge is 0.120 e. The fourth-order valence-corrected chi connectivity index (χ4v) is 5.17. The van der Waals surface area contributed by atoms with E-state index in [0.717, 1.165) is 38.4 Å². The summed E-state index contributed by atoms with van der Waals surface area (Å²) in [6.45, 7) is 0. The molecule has 5 atom stereocenters. The molecule has 0 radical (unpaired) electrons. The minimum absolute atomic E-state index is 0.148. The van der Waals surface area contributed by atoms with Crippen molar-refractivity contribution in [3.8, 4) is 11.8 Å². The molecule has 2 N–H and O–H groups in total. The van der Waals surface area contributed by atoms with Crippen molar-refractivity contribution < 1.29 is 19.7 Å². The number of carbonyl (C=O) groups is 1. The summed E-state index contributed by atoms with van der Waals surface area (Å²) < 4.78 is 5.92. The first-order valence-electron chi connectivity index (χ1n) is 10.2. The van der Waals surface area contributed by atoms with E-state index in [1.54, 1.807) is 7.11 Å². The van der Waals surface area contributed by atoms with Crippen molar-refractivity contribution in [3.05, 3.63) is 11.6 Å². The number of methoxy groups -OCH3 is 1. The highest BCUT2D eigenvalue weighted by Gasteiger charge is 2.58. The Labute approximate surface area is 157 Å². The molecule has 0 spiro atoms. The molecule has 0 bridgehead atoms. The van der Waals surface area contributed by atoms with Gasteiger partial charge in [-0.1, -0.05) is 37.2 Å². The van der Waals surface area contributed by atoms with Crippen molar-refractivity contribution in [3.63, 3.8) is 0 Å². The van der Waals surface area contributed by atoms with E-state index in [0.29, 0.717) is 12.8 Å². The molecule has 0 aliphatic heterocycles. The van der Waals surface area contributed by atoms with E-state index >= 15 is 0 Å². The number of allylic oxidation sites excluding steroid dienone is 1. The highest BCUT2D eigenvalue weighted by molar-refractivity contribution is 5.49. The first kappa shape index (κ1) is 19.6. The van der Waals surface area contributed by atoms with Gasteiger partial charge in [0, 0.05) is 19.4 Å². The standard InChI is InChI=1S/C22H32O4/c1-26-22-13-12-21(25)18(19(22)15-17(22)9-5-6-14-23)10-11-20(24)16-7-3-2-4-8-16/h9,14,16,18-21,24-25H,2-8,12-13,15H2,1H3/b17-9-/t18-,19-,20?,21-,22+/m0/s1. The summed E-state index contributed by atoms with van der Waals surface area (Å²) in [7, 11) is 1.73. The van der Waals surface area contributed by atoms with Gasteiger partial charge in [-0.3, -0.25) is 0 Å². The first-order chi connectivity index (χ1) is 12.6. The Morgan fingerprint density at radius 3 is 2.73 bits per heavy atom. The molecule has 3 aliphatic rings. The SMILES string of the molecule is CO[C@@]12CC[C@H](O)[C@@H](C#CC(O)C3CCCCC3)[C@@H]1C/C2=C/CCC=O. The molecule has 3 aliphatic carbocycles. The molecule has 0 aromatic rings. The molecule has 0 aromatic heterocycles. The Hall–Kier alpha value is -1.15. The van der Waals surface area contributed by atoms with Crippen molar-refractivity contribution >= 4 is 6.29 Å². The average Bonchev–Trinajstić information content (AvgIpc) is 2.66. The molecule has 1 unspecified atom stereocenters. The largest absolute Gasteiger partial charge is 0.392 e. The summed E-state index contributed by atoms with van der Waals surface area (Å²) in [4.78, 5) is 10.6. The minimum Gasteiger partial charge on any atom is -0.392 e. The van der Waals surface area contributed by atoms with E-state index in [9.17, 15) is 15.0 Å². The average molecular weight is 360 g/mol. The van der Waals surface area contributed by atoms with Crippen LogP contribution in [0.5, 0.6) is 0 Å². The number of rotatable bonds is 5. The fourth-order valence-electron chi connectivity index (χ4n) is 5.17. The summed E-state index contributed by atoms with van der Waals surface area (Å²) in [6.07, 6.45) is 11.4. The van der Waals surface area contributed by atoms with E-state index in [-0.39, 0.29) is 23.4 Å². The van der Waals surface area contributed by atoms with Gasteiger partial charge in [0.1, 0.15) is 12.4 Å². The van der Waals surface area contributed by atoms with E-state index in [4.69, 9.17) is 4.74 Å². The number of unbranched alkanes of at least 4 members (excludes halogenated alkanes) is 1. The summed E-state index contributed by atoms with van der Waals surface area (Å²) in [5.74, 6) is 6.61. The fraction of sp³-hybridized carbons (Fsp3) is 0.773. The predicted molar refractivity (Wildman–Crippen MR) is 100 cm³/mol. The molecule has 3 rings (SSSR count). The van der Waals surface area contributed by atoms with Crippen molar-refractivity contribution in [1.29, 1.82) is 0 Å². The van der Waals surface area contributed by atoms with Crippen LogP contribution in [0.4, 0.5) is 0 Å². The molecule has 0 amide bonds. The zero-order chi connectivity index (χ0) is 18.6. The predicted octanol–water partition coefficient (Wildman–Crippen LogP) is 3.01. The zero-order valence-electron chi connectivity index (χ0n) is 15.8. The lowest BCUT2D eigenvalue weighted by molar-refractivity contribution is -0.138. The lowest BCUT2D eigenvalue weighted by Gasteiger charge is -2.57. The maximum atomic E-state index is 10.6. The quantitative estimate of drug-likeness (QED) is 0.342. The van der Waals surface area contributed by atoms with Gasteiger partial charge in [0.2, 0.25) is 0 Å². The number of fused-ring (bicyclic) bond motifs is 1. The van der Waals surface area contributed by atoms with Crippen LogP contribution in [0.1, 0.15) is 64.2 Å². The van der Waals surface area contributed by atoms with Crippen LogP contribution in [0.15, 0.2) is 11.6 Å². The molecule has 4 heteroatoms. The highest BCUT2D eigenvalue weighted by Crippen LogP contribution is 2.56. The molecule has 4 nitrogen and oxygen atoms in total. The van der Waals surface area contributed by atoms with Gasteiger partial charge in [-0.25, -0.2) is 0 Å². The summed E-state index contributed by atoms with van der Waals surface area (Å²) in [5.41, 5.74) is 0.912. The molecular weight excluding hydrogens is 328 g/mol. The van der Waals surface area contributed by atoms with Crippen molar-refractivity contribution in [2.45, 2.75) is 82.0 Å². The van der Waals surface area contributed by atoms with Crippen LogP contribution in [0.2, 0.25) is 0 Å². The molecule has 3 saturated carbocycles. The Morgan fingerprint density at radius 1 is 1.27 bits per heavy atom. The lowest BCUT2D eigenvalue weighted by Crippen LogP contribution is -2.59. The summed E-state index contributed by atoms with van der Waals surface area (Å²) in [6, 6.07) is 0. The third-order valence-corrected chi connectivity index (χ3v) is 6.78. The second-order valence-corrected chi connectivity index (χ2v) is 8.14.